The lowest BCUT2D eigenvalue weighted by atomic mass is 10.0. The van der Waals surface area contributed by atoms with Crippen LogP contribution in [0.15, 0.2) is 48.5 Å². The largest absolute Gasteiger partial charge is 0.497 e. The number of nitrogens with zero attached hydrogens (tertiary/aromatic N) is 1. The lowest BCUT2D eigenvalue weighted by molar-refractivity contribution is 0.0676. The van der Waals surface area contributed by atoms with Crippen LogP contribution in [0, 0.1) is 0 Å². The van der Waals surface area contributed by atoms with Crippen molar-refractivity contribution < 1.29 is 19.0 Å². The van der Waals surface area contributed by atoms with Gasteiger partial charge in [-0.3, -0.25) is 4.79 Å². The second-order valence-corrected chi connectivity index (χ2v) is 7.40. The quantitative estimate of drug-likeness (QED) is 0.751. The molecule has 4 rings (SSSR count). The van der Waals surface area contributed by atoms with E-state index in [-0.39, 0.29) is 18.1 Å². The topological polar surface area (TPSA) is 48.0 Å². The van der Waals surface area contributed by atoms with E-state index in [0.29, 0.717) is 12.2 Å². The summed E-state index contributed by atoms with van der Waals surface area (Å²) in [4.78, 5) is 15.2. The van der Waals surface area contributed by atoms with Crippen LogP contribution in [0.25, 0.3) is 0 Å². The summed E-state index contributed by atoms with van der Waals surface area (Å²) >= 11 is 0. The van der Waals surface area contributed by atoms with Crippen molar-refractivity contribution in [2.75, 3.05) is 26.9 Å². The molecule has 28 heavy (non-hydrogen) atoms. The molecule has 5 heteroatoms. The van der Waals surface area contributed by atoms with Gasteiger partial charge in [0.1, 0.15) is 18.1 Å². The van der Waals surface area contributed by atoms with E-state index in [9.17, 15) is 4.79 Å². The SMILES string of the molecule is COc1ccc([C@@H]2CCCN2C(=O)c2cccc(OC[C@H]3CCCO3)c2)cc1. The van der Waals surface area contributed by atoms with Crippen molar-refractivity contribution in [3.05, 3.63) is 59.7 Å². The number of carbonyl (C=O) groups excluding carboxylic acids is 1. The molecule has 0 N–H and O–H groups in total. The van der Waals surface area contributed by atoms with Crippen LogP contribution in [-0.2, 0) is 4.74 Å². The Kier molecular flexibility index (Phi) is 5.81. The van der Waals surface area contributed by atoms with Crippen molar-refractivity contribution in [3.8, 4) is 11.5 Å². The smallest absolute Gasteiger partial charge is 0.254 e. The lowest BCUT2D eigenvalue weighted by Gasteiger charge is -2.25. The molecular formula is C23H27NO4. The van der Waals surface area contributed by atoms with E-state index in [0.717, 1.165) is 55.9 Å². The Bertz CT molecular complexity index is 799. The number of amides is 1. The molecule has 2 fully saturated rings. The number of carbonyl (C=O) groups is 1. The maximum absolute atomic E-state index is 13.2. The van der Waals surface area contributed by atoms with Gasteiger partial charge in [-0.2, -0.15) is 0 Å². The first-order valence-electron chi connectivity index (χ1n) is 10.0. The molecule has 2 saturated heterocycles. The molecule has 0 spiro atoms. The van der Waals surface area contributed by atoms with Crippen LogP contribution in [0.1, 0.15) is 47.6 Å². The van der Waals surface area contributed by atoms with Crippen molar-refractivity contribution in [2.24, 2.45) is 0 Å². The Morgan fingerprint density at radius 3 is 2.71 bits per heavy atom. The summed E-state index contributed by atoms with van der Waals surface area (Å²) < 4.78 is 16.7. The number of methoxy groups -OCH3 is 1. The van der Waals surface area contributed by atoms with Crippen LogP contribution in [0.4, 0.5) is 0 Å². The summed E-state index contributed by atoms with van der Waals surface area (Å²) in [5, 5.41) is 0. The monoisotopic (exact) mass is 381 g/mol. The van der Waals surface area contributed by atoms with E-state index < -0.39 is 0 Å². The molecule has 0 unspecified atom stereocenters. The fourth-order valence-corrected chi connectivity index (χ4v) is 4.03. The summed E-state index contributed by atoms with van der Waals surface area (Å²) in [5.41, 5.74) is 1.82. The molecule has 2 aromatic rings. The maximum Gasteiger partial charge on any atom is 0.254 e. The highest BCUT2D eigenvalue weighted by atomic mass is 16.5. The van der Waals surface area contributed by atoms with E-state index >= 15 is 0 Å². The third-order valence-electron chi connectivity index (χ3n) is 5.56. The van der Waals surface area contributed by atoms with Gasteiger partial charge < -0.3 is 19.1 Å². The molecule has 2 atom stereocenters. The van der Waals surface area contributed by atoms with Gasteiger partial charge in [0.2, 0.25) is 0 Å². The Morgan fingerprint density at radius 1 is 1.11 bits per heavy atom. The summed E-state index contributed by atoms with van der Waals surface area (Å²) in [6.07, 6.45) is 4.28. The number of hydrogen-bond acceptors (Lipinski definition) is 4. The first kappa shape index (κ1) is 18.8. The van der Waals surface area contributed by atoms with Gasteiger partial charge >= 0.3 is 0 Å². The molecule has 2 aliphatic rings. The van der Waals surface area contributed by atoms with E-state index in [1.54, 1.807) is 7.11 Å². The third-order valence-corrected chi connectivity index (χ3v) is 5.56. The predicted octanol–water partition coefficient (Wildman–Crippen LogP) is 4.23. The minimum absolute atomic E-state index is 0.0564. The zero-order chi connectivity index (χ0) is 19.3. The minimum Gasteiger partial charge on any atom is -0.497 e. The van der Waals surface area contributed by atoms with Gasteiger partial charge in [0.05, 0.1) is 19.3 Å². The highest BCUT2D eigenvalue weighted by Crippen LogP contribution is 2.34. The van der Waals surface area contributed by atoms with Crippen molar-refractivity contribution in [3.63, 3.8) is 0 Å². The van der Waals surface area contributed by atoms with Crippen LogP contribution >= 0.6 is 0 Å². The Morgan fingerprint density at radius 2 is 1.96 bits per heavy atom. The molecular weight excluding hydrogens is 354 g/mol. The number of rotatable bonds is 6. The first-order chi connectivity index (χ1) is 13.7. The maximum atomic E-state index is 13.2. The van der Waals surface area contributed by atoms with Gasteiger partial charge in [0.25, 0.3) is 5.91 Å². The standard InChI is InChI=1S/C23H27NO4/c1-26-19-11-9-17(10-12-19)22-8-3-13-24(22)23(25)18-5-2-6-20(15-18)28-16-21-7-4-14-27-21/h2,5-6,9-12,15,21-22H,3-4,7-8,13-14,16H2,1H3/t21-,22+/m1/s1. The summed E-state index contributed by atoms with van der Waals surface area (Å²) in [6, 6.07) is 15.6. The van der Waals surface area contributed by atoms with Crippen molar-refractivity contribution in [2.45, 2.75) is 37.8 Å². The molecule has 0 bridgehead atoms. The van der Waals surface area contributed by atoms with Crippen LogP contribution in [-0.4, -0.2) is 43.8 Å². The van der Waals surface area contributed by atoms with E-state index in [4.69, 9.17) is 14.2 Å². The van der Waals surface area contributed by atoms with Crippen LogP contribution in [0.2, 0.25) is 0 Å². The van der Waals surface area contributed by atoms with Crippen LogP contribution < -0.4 is 9.47 Å². The van der Waals surface area contributed by atoms with Gasteiger partial charge in [0, 0.05) is 18.7 Å². The van der Waals surface area contributed by atoms with Crippen LogP contribution in [0.3, 0.4) is 0 Å². The third kappa shape index (κ3) is 4.14. The van der Waals surface area contributed by atoms with Crippen LogP contribution in [0.5, 0.6) is 11.5 Å². The van der Waals surface area contributed by atoms with Gasteiger partial charge in [-0.25, -0.2) is 0 Å². The van der Waals surface area contributed by atoms with Gasteiger partial charge in [-0.05, 0) is 61.6 Å². The van der Waals surface area contributed by atoms with Gasteiger partial charge in [0.15, 0.2) is 0 Å². The summed E-state index contributed by atoms with van der Waals surface area (Å²) in [5.74, 6) is 1.61. The Hall–Kier alpha value is -2.53. The predicted molar refractivity (Wildman–Crippen MR) is 107 cm³/mol. The van der Waals surface area contributed by atoms with Gasteiger partial charge in [-0.1, -0.05) is 18.2 Å². The Labute approximate surface area is 166 Å². The zero-order valence-electron chi connectivity index (χ0n) is 16.3. The van der Waals surface area contributed by atoms with Crippen molar-refractivity contribution in [1.29, 1.82) is 0 Å². The number of ether oxygens (including phenoxy) is 3. The fourth-order valence-electron chi connectivity index (χ4n) is 4.03. The second-order valence-electron chi connectivity index (χ2n) is 7.40. The van der Waals surface area contributed by atoms with Crippen molar-refractivity contribution >= 4 is 5.91 Å². The van der Waals surface area contributed by atoms with Crippen molar-refractivity contribution in [1.82, 2.24) is 4.90 Å². The average molecular weight is 381 g/mol. The average Bonchev–Trinajstić information content (AvgIpc) is 3.44. The second kappa shape index (κ2) is 8.65. The minimum atomic E-state index is 0.0564. The Balaban J connectivity index is 1.45. The lowest BCUT2D eigenvalue weighted by Crippen LogP contribution is -2.30. The number of benzene rings is 2. The first-order valence-corrected chi connectivity index (χ1v) is 10.0. The molecule has 2 aliphatic heterocycles. The molecule has 2 heterocycles. The summed E-state index contributed by atoms with van der Waals surface area (Å²) in [6.45, 7) is 2.13. The molecule has 1 amide bonds. The highest BCUT2D eigenvalue weighted by Gasteiger charge is 2.30. The van der Waals surface area contributed by atoms with Gasteiger partial charge in [-0.15, -0.1) is 0 Å². The molecule has 0 radical (unpaired) electrons. The van der Waals surface area contributed by atoms with E-state index in [1.165, 1.54) is 0 Å². The molecule has 148 valence electrons. The number of hydrogen-bond donors (Lipinski definition) is 0. The molecule has 0 aromatic heterocycles. The van der Waals surface area contributed by atoms with E-state index in [2.05, 4.69) is 12.1 Å². The molecule has 0 aliphatic carbocycles. The summed E-state index contributed by atoms with van der Waals surface area (Å²) in [7, 11) is 1.66. The zero-order valence-corrected chi connectivity index (χ0v) is 16.3. The normalized spacial score (nSPS) is 21.7. The van der Waals surface area contributed by atoms with E-state index in [1.807, 2.05) is 41.3 Å². The highest BCUT2D eigenvalue weighted by molar-refractivity contribution is 5.95. The fraction of sp³-hybridized carbons (Fsp3) is 0.435. The number of likely N-dealkylation sites (tertiary alicyclic amines) is 1. The molecule has 0 saturated carbocycles. The molecule has 5 nitrogen and oxygen atoms in total. The molecule has 2 aromatic carbocycles.